The number of alkyl halides is 1. The van der Waals surface area contributed by atoms with Crippen molar-refractivity contribution in [1.82, 2.24) is 20.1 Å². The Morgan fingerprint density at radius 2 is 2.12 bits per heavy atom. The lowest BCUT2D eigenvalue weighted by atomic mass is 9.94. The summed E-state index contributed by atoms with van der Waals surface area (Å²) in [5, 5.41) is 8.76. The van der Waals surface area contributed by atoms with Gasteiger partial charge in [0.2, 0.25) is 5.16 Å². The third-order valence-corrected chi connectivity index (χ3v) is 5.52. The van der Waals surface area contributed by atoms with Gasteiger partial charge in [-0.3, -0.25) is 4.90 Å². The van der Waals surface area contributed by atoms with Gasteiger partial charge >= 0.3 is 6.09 Å². The minimum Gasteiger partial charge on any atom is -0.444 e. The first-order chi connectivity index (χ1) is 12.2. The second-order valence-corrected chi connectivity index (χ2v) is 8.62. The van der Waals surface area contributed by atoms with Crippen LogP contribution in [0, 0.1) is 0 Å². The zero-order valence-corrected chi connectivity index (χ0v) is 16.7. The fraction of sp³-hybridized carbons (Fsp3) is 0.765. The number of thioether (sulfide) groups is 1. The SMILES string of the molecule is CSc1ncc(N(C)C2CC3CCC(C2F)N3C(=O)OC(C)(C)C)nn1. The van der Waals surface area contributed by atoms with E-state index in [0.717, 1.165) is 6.42 Å². The first-order valence-corrected chi connectivity index (χ1v) is 10.1. The fourth-order valence-corrected chi connectivity index (χ4v) is 4.06. The quantitative estimate of drug-likeness (QED) is 0.743. The minimum atomic E-state index is -1.17. The van der Waals surface area contributed by atoms with Crippen molar-refractivity contribution in [2.24, 2.45) is 0 Å². The lowest BCUT2D eigenvalue weighted by Gasteiger charge is -2.44. The molecule has 144 valence electrons. The fourth-order valence-electron chi connectivity index (χ4n) is 3.78. The normalized spacial score (nSPS) is 28.2. The summed E-state index contributed by atoms with van der Waals surface area (Å²) >= 11 is 1.41. The molecule has 4 atom stereocenters. The van der Waals surface area contributed by atoms with Gasteiger partial charge in [0, 0.05) is 13.1 Å². The van der Waals surface area contributed by atoms with Gasteiger partial charge in [0.1, 0.15) is 11.8 Å². The van der Waals surface area contributed by atoms with E-state index in [4.69, 9.17) is 4.74 Å². The third kappa shape index (κ3) is 3.72. The van der Waals surface area contributed by atoms with Crippen LogP contribution in [0.3, 0.4) is 0 Å². The number of hydrogen-bond donors (Lipinski definition) is 0. The molecule has 0 aliphatic carbocycles. The van der Waals surface area contributed by atoms with Crippen molar-refractivity contribution in [3.8, 4) is 0 Å². The number of carbonyl (C=O) groups is 1. The number of anilines is 1. The van der Waals surface area contributed by atoms with Crippen LogP contribution >= 0.6 is 11.8 Å². The van der Waals surface area contributed by atoms with Crippen molar-refractivity contribution in [1.29, 1.82) is 0 Å². The molecule has 0 N–H and O–H groups in total. The molecule has 2 fully saturated rings. The Balaban J connectivity index is 1.74. The molecule has 3 rings (SSSR count). The van der Waals surface area contributed by atoms with Crippen molar-refractivity contribution < 1.29 is 13.9 Å². The Kier molecular flexibility index (Phi) is 5.28. The predicted molar refractivity (Wildman–Crippen MR) is 98.2 cm³/mol. The first-order valence-electron chi connectivity index (χ1n) is 8.83. The molecule has 2 saturated heterocycles. The van der Waals surface area contributed by atoms with Crippen molar-refractivity contribution in [3.63, 3.8) is 0 Å². The smallest absolute Gasteiger partial charge is 0.410 e. The molecule has 0 radical (unpaired) electrons. The maximum Gasteiger partial charge on any atom is 0.410 e. The number of nitrogens with zero attached hydrogens (tertiary/aromatic N) is 5. The van der Waals surface area contributed by atoms with Crippen LogP contribution < -0.4 is 4.90 Å². The first kappa shape index (κ1) is 19.1. The maximum atomic E-state index is 15.3. The molecule has 9 heteroatoms. The molecule has 0 spiro atoms. The molecule has 1 amide bonds. The summed E-state index contributed by atoms with van der Waals surface area (Å²) in [5.74, 6) is 0.542. The predicted octanol–water partition coefficient (Wildman–Crippen LogP) is 2.91. The Hall–Kier alpha value is -1.64. The van der Waals surface area contributed by atoms with Crippen molar-refractivity contribution >= 4 is 23.7 Å². The number of carbonyl (C=O) groups excluding carboxylic acids is 1. The number of amides is 1. The molecule has 2 aliphatic rings. The third-order valence-electron chi connectivity index (χ3n) is 4.97. The molecule has 4 unspecified atom stereocenters. The van der Waals surface area contributed by atoms with Gasteiger partial charge in [-0.15, -0.1) is 10.2 Å². The van der Waals surface area contributed by atoms with E-state index in [0.29, 0.717) is 23.8 Å². The van der Waals surface area contributed by atoms with Crippen LogP contribution in [-0.2, 0) is 4.74 Å². The zero-order chi connectivity index (χ0) is 19.1. The number of piperidine rings is 1. The van der Waals surface area contributed by atoms with Crippen LogP contribution in [0.5, 0.6) is 0 Å². The number of halogens is 1. The second kappa shape index (κ2) is 7.17. The van der Waals surface area contributed by atoms with E-state index in [-0.39, 0.29) is 12.1 Å². The molecule has 1 aromatic heterocycles. The average molecular weight is 383 g/mol. The van der Waals surface area contributed by atoms with E-state index in [1.807, 2.05) is 34.1 Å². The molecule has 2 bridgehead atoms. The number of fused-ring (bicyclic) bond motifs is 2. The van der Waals surface area contributed by atoms with Gasteiger partial charge in [0.05, 0.1) is 18.3 Å². The summed E-state index contributed by atoms with van der Waals surface area (Å²) in [7, 11) is 1.81. The highest BCUT2D eigenvalue weighted by Gasteiger charge is 2.52. The van der Waals surface area contributed by atoms with Crippen LogP contribution in [-0.4, -0.2) is 69.4 Å². The van der Waals surface area contributed by atoms with E-state index in [2.05, 4.69) is 15.2 Å². The number of rotatable bonds is 3. The molecule has 0 aromatic carbocycles. The van der Waals surface area contributed by atoms with Gasteiger partial charge < -0.3 is 9.64 Å². The summed E-state index contributed by atoms with van der Waals surface area (Å²) < 4.78 is 20.8. The molecule has 0 saturated carbocycles. The van der Waals surface area contributed by atoms with Crippen molar-refractivity contribution in [3.05, 3.63) is 6.20 Å². The Morgan fingerprint density at radius 1 is 1.38 bits per heavy atom. The van der Waals surface area contributed by atoms with E-state index in [1.165, 1.54) is 11.8 Å². The van der Waals surface area contributed by atoms with Gasteiger partial charge in [-0.05, 0) is 46.3 Å². The van der Waals surface area contributed by atoms with E-state index < -0.39 is 23.9 Å². The summed E-state index contributed by atoms with van der Waals surface area (Å²) in [5.41, 5.74) is -0.587. The van der Waals surface area contributed by atoms with Crippen LogP contribution in [0.2, 0.25) is 0 Å². The molecule has 3 heterocycles. The van der Waals surface area contributed by atoms with Crippen LogP contribution in [0.4, 0.5) is 15.0 Å². The lowest BCUT2D eigenvalue weighted by Crippen LogP contribution is -2.59. The minimum absolute atomic E-state index is 0.0133. The monoisotopic (exact) mass is 383 g/mol. The van der Waals surface area contributed by atoms with Gasteiger partial charge in [-0.1, -0.05) is 11.8 Å². The van der Waals surface area contributed by atoms with Crippen LogP contribution in [0.25, 0.3) is 0 Å². The number of ether oxygens (including phenoxy) is 1. The van der Waals surface area contributed by atoms with Gasteiger partial charge in [-0.25, -0.2) is 14.2 Å². The summed E-state index contributed by atoms with van der Waals surface area (Å²) in [6.45, 7) is 5.47. The summed E-state index contributed by atoms with van der Waals surface area (Å²) in [6.07, 6.45) is 3.90. The van der Waals surface area contributed by atoms with E-state index in [9.17, 15) is 4.79 Å². The molecule has 2 aliphatic heterocycles. The number of aromatic nitrogens is 3. The highest BCUT2D eigenvalue weighted by Crippen LogP contribution is 2.40. The van der Waals surface area contributed by atoms with Gasteiger partial charge in [-0.2, -0.15) is 0 Å². The van der Waals surface area contributed by atoms with Crippen LogP contribution in [0.15, 0.2) is 11.4 Å². The molecule has 1 aromatic rings. The Labute approximate surface area is 157 Å². The lowest BCUT2D eigenvalue weighted by molar-refractivity contribution is -0.0104. The topological polar surface area (TPSA) is 71.5 Å². The second-order valence-electron chi connectivity index (χ2n) is 7.85. The highest BCUT2D eigenvalue weighted by molar-refractivity contribution is 7.98. The Morgan fingerprint density at radius 3 is 2.69 bits per heavy atom. The largest absolute Gasteiger partial charge is 0.444 e. The molecular formula is C17H26FN5O2S. The molecular weight excluding hydrogens is 357 g/mol. The summed E-state index contributed by atoms with van der Waals surface area (Å²) in [6, 6.07) is -0.828. The van der Waals surface area contributed by atoms with E-state index >= 15 is 4.39 Å². The van der Waals surface area contributed by atoms with Gasteiger partial charge in [0.25, 0.3) is 0 Å². The van der Waals surface area contributed by atoms with E-state index in [1.54, 1.807) is 16.0 Å². The van der Waals surface area contributed by atoms with Crippen molar-refractivity contribution in [2.75, 3.05) is 18.2 Å². The van der Waals surface area contributed by atoms with Crippen molar-refractivity contribution in [2.45, 2.75) is 75.1 Å². The standard InChI is InChI=1S/C17H26FN5O2S/c1-17(2,3)25-16(24)23-10-6-7-11(23)14(18)12(8-10)22(4)13-9-19-15(26-5)21-20-13/h9-12,14H,6-8H2,1-5H3. The maximum absolute atomic E-state index is 15.3. The Bertz CT molecular complexity index is 654. The molecule has 26 heavy (non-hydrogen) atoms. The summed E-state index contributed by atoms with van der Waals surface area (Å²) in [4.78, 5) is 20.2. The van der Waals surface area contributed by atoms with Gasteiger partial charge in [0.15, 0.2) is 5.82 Å². The number of hydrogen-bond acceptors (Lipinski definition) is 7. The molecule has 7 nitrogen and oxygen atoms in total. The average Bonchev–Trinajstić information content (AvgIpc) is 2.93. The zero-order valence-electron chi connectivity index (χ0n) is 15.8. The highest BCUT2D eigenvalue weighted by atomic mass is 32.2. The van der Waals surface area contributed by atoms with Crippen LogP contribution in [0.1, 0.15) is 40.0 Å².